The summed E-state index contributed by atoms with van der Waals surface area (Å²) in [4.78, 5) is 27.1. The molecule has 0 atom stereocenters. The highest BCUT2D eigenvalue weighted by molar-refractivity contribution is 6.31. The lowest BCUT2D eigenvalue weighted by atomic mass is 10.1. The third-order valence-corrected chi connectivity index (χ3v) is 4.19. The van der Waals surface area contributed by atoms with E-state index in [1.165, 1.54) is 6.07 Å². The van der Waals surface area contributed by atoms with Crippen LogP contribution in [0, 0.1) is 12.7 Å². The van der Waals surface area contributed by atoms with Crippen LogP contribution in [0.3, 0.4) is 0 Å². The molecule has 134 valence electrons. The van der Waals surface area contributed by atoms with Crippen LogP contribution >= 0.6 is 11.6 Å². The molecular weight excluding hydrogens is 357 g/mol. The van der Waals surface area contributed by atoms with Crippen LogP contribution < -0.4 is 10.6 Å². The molecule has 0 unspecified atom stereocenters. The number of nitrogens with one attached hydrogen (secondary N) is 3. The number of H-pyrrole nitrogens is 1. The standard InChI is InChI=1S/C19H17ClFN3O2/c1-11-2-3-12(9-15(11)21)18(25)22-6-7-23-19(26)17-10-13-8-14(20)4-5-16(13)24-17/h2-5,8-10,24H,6-7H2,1H3,(H,22,25)(H,23,26). The molecule has 3 aromatic rings. The molecule has 1 aromatic heterocycles. The third kappa shape index (κ3) is 4.03. The van der Waals surface area contributed by atoms with Gasteiger partial charge in [-0.05, 0) is 48.9 Å². The second-order valence-corrected chi connectivity index (χ2v) is 6.33. The molecule has 3 rings (SSSR count). The number of fused-ring (bicyclic) bond motifs is 1. The first-order valence-corrected chi connectivity index (χ1v) is 8.42. The summed E-state index contributed by atoms with van der Waals surface area (Å²) in [6, 6.07) is 11.3. The Labute approximate surface area is 154 Å². The molecule has 0 spiro atoms. The van der Waals surface area contributed by atoms with E-state index in [1.54, 1.807) is 43.3 Å². The first-order valence-electron chi connectivity index (χ1n) is 8.05. The van der Waals surface area contributed by atoms with Gasteiger partial charge in [-0.2, -0.15) is 0 Å². The fraction of sp³-hybridized carbons (Fsp3) is 0.158. The average Bonchev–Trinajstić information content (AvgIpc) is 3.03. The Morgan fingerprint density at radius 2 is 1.77 bits per heavy atom. The van der Waals surface area contributed by atoms with Crippen molar-refractivity contribution < 1.29 is 14.0 Å². The van der Waals surface area contributed by atoms with Crippen LogP contribution in [0.15, 0.2) is 42.5 Å². The molecule has 2 amide bonds. The monoisotopic (exact) mass is 373 g/mol. The number of halogens is 2. The summed E-state index contributed by atoms with van der Waals surface area (Å²) in [5.74, 6) is -1.10. The zero-order valence-corrected chi connectivity index (χ0v) is 14.8. The maximum Gasteiger partial charge on any atom is 0.267 e. The Morgan fingerprint density at radius 3 is 2.50 bits per heavy atom. The largest absolute Gasteiger partial charge is 0.351 e. The second-order valence-electron chi connectivity index (χ2n) is 5.89. The van der Waals surface area contributed by atoms with Crippen molar-refractivity contribution in [3.05, 3.63) is 70.1 Å². The number of benzene rings is 2. The third-order valence-electron chi connectivity index (χ3n) is 3.96. The summed E-state index contributed by atoms with van der Waals surface area (Å²) in [6.45, 7) is 2.10. The number of hydrogen-bond donors (Lipinski definition) is 3. The zero-order valence-electron chi connectivity index (χ0n) is 14.0. The Bertz CT molecular complexity index is 984. The molecule has 26 heavy (non-hydrogen) atoms. The molecule has 0 aliphatic heterocycles. The number of aromatic amines is 1. The summed E-state index contributed by atoms with van der Waals surface area (Å²) in [5, 5.41) is 6.79. The summed E-state index contributed by atoms with van der Waals surface area (Å²) in [6.07, 6.45) is 0. The van der Waals surface area contributed by atoms with Crippen LogP contribution in [-0.4, -0.2) is 29.9 Å². The fourth-order valence-corrected chi connectivity index (χ4v) is 2.69. The lowest BCUT2D eigenvalue weighted by molar-refractivity contribution is 0.0925. The molecule has 7 heteroatoms. The summed E-state index contributed by atoms with van der Waals surface area (Å²) < 4.78 is 13.5. The lowest BCUT2D eigenvalue weighted by Crippen LogP contribution is -2.34. The van der Waals surface area contributed by atoms with E-state index in [1.807, 2.05) is 0 Å². The fourth-order valence-electron chi connectivity index (χ4n) is 2.51. The maximum atomic E-state index is 13.5. The molecule has 2 aromatic carbocycles. The van der Waals surface area contributed by atoms with Gasteiger partial charge in [0.2, 0.25) is 0 Å². The van der Waals surface area contributed by atoms with Gasteiger partial charge >= 0.3 is 0 Å². The molecule has 0 aliphatic rings. The SMILES string of the molecule is Cc1ccc(C(=O)NCCNC(=O)c2cc3cc(Cl)ccc3[nH]2)cc1F. The number of carbonyl (C=O) groups is 2. The second kappa shape index (κ2) is 7.58. The number of carbonyl (C=O) groups excluding carboxylic acids is 2. The minimum absolute atomic E-state index is 0.228. The quantitative estimate of drug-likeness (QED) is 0.599. The molecule has 0 saturated heterocycles. The van der Waals surface area contributed by atoms with E-state index in [2.05, 4.69) is 15.6 Å². The van der Waals surface area contributed by atoms with E-state index in [0.717, 1.165) is 10.9 Å². The molecule has 0 aliphatic carbocycles. The Morgan fingerprint density at radius 1 is 1.04 bits per heavy atom. The van der Waals surface area contributed by atoms with Crippen molar-refractivity contribution in [3.8, 4) is 0 Å². The molecule has 3 N–H and O–H groups in total. The van der Waals surface area contributed by atoms with Crippen LogP contribution in [0.2, 0.25) is 5.02 Å². The minimum Gasteiger partial charge on any atom is -0.351 e. The van der Waals surface area contributed by atoms with Crippen LogP contribution in [0.4, 0.5) is 4.39 Å². The van der Waals surface area contributed by atoms with Gasteiger partial charge in [0.1, 0.15) is 11.5 Å². The molecule has 5 nitrogen and oxygen atoms in total. The van der Waals surface area contributed by atoms with E-state index in [9.17, 15) is 14.0 Å². The normalized spacial score (nSPS) is 10.7. The van der Waals surface area contributed by atoms with Gasteiger partial charge in [0.05, 0.1) is 0 Å². The van der Waals surface area contributed by atoms with Gasteiger partial charge in [-0.15, -0.1) is 0 Å². The van der Waals surface area contributed by atoms with E-state index < -0.39 is 11.7 Å². The van der Waals surface area contributed by atoms with E-state index in [4.69, 9.17) is 11.6 Å². The maximum absolute atomic E-state index is 13.5. The molecule has 0 radical (unpaired) electrons. The molecular formula is C19H17ClFN3O2. The molecule has 0 fully saturated rings. The summed E-state index contributed by atoms with van der Waals surface area (Å²) in [5.41, 5.74) is 1.95. The number of amides is 2. The van der Waals surface area contributed by atoms with Crippen molar-refractivity contribution in [1.29, 1.82) is 0 Å². The van der Waals surface area contributed by atoms with Gasteiger partial charge in [-0.25, -0.2) is 4.39 Å². The Hall–Kier alpha value is -2.86. The van der Waals surface area contributed by atoms with Gasteiger partial charge in [0.25, 0.3) is 11.8 Å². The zero-order chi connectivity index (χ0) is 18.7. The van der Waals surface area contributed by atoms with Crippen LogP contribution in [0.1, 0.15) is 26.4 Å². The van der Waals surface area contributed by atoms with Gasteiger partial charge in [0, 0.05) is 34.6 Å². The summed E-state index contributed by atoms with van der Waals surface area (Å²) in [7, 11) is 0. The minimum atomic E-state index is -0.426. The summed E-state index contributed by atoms with van der Waals surface area (Å²) >= 11 is 5.93. The van der Waals surface area contributed by atoms with E-state index >= 15 is 0 Å². The predicted molar refractivity (Wildman–Crippen MR) is 99.1 cm³/mol. The first-order chi connectivity index (χ1) is 12.4. The highest BCUT2D eigenvalue weighted by Crippen LogP contribution is 2.20. The van der Waals surface area contributed by atoms with Gasteiger partial charge in [-0.3, -0.25) is 9.59 Å². The molecule has 0 bridgehead atoms. The van der Waals surface area contributed by atoms with Crippen molar-refractivity contribution in [2.75, 3.05) is 13.1 Å². The lowest BCUT2D eigenvalue weighted by Gasteiger charge is -2.07. The molecule has 0 saturated carbocycles. The number of aryl methyl sites for hydroxylation is 1. The highest BCUT2D eigenvalue weighted by Gasteiger charge is 2.10. The first kappa shape index (κ1) is 17.9. The van der Waals surface area contributed by atoms with Crippen LogP contribution in [0.5, 0.6) is 0 Å². The number of aromatic nitrogens is 1. The van der Waals surface area contributed by atoms with Gasteiger partial charge in [-0.1, -0.05) is 17.7 Å². The van der Waals surface area contributed by atoms with Crippen molar-refractivity contribution in [3.63, 3.8) is 0 Å². The van der Waals surface area contributed by atoms with E-state index in [0.29, 0.717) is 16.3 Å². The van der Waals surface area contributed by atoms with Crippen molar-refractivity contribution in [1.82, 2.24) is 15.6 Å². The van der Waals surface area contributed by atoms with Gasteiger partial charge in [0.15, 0.2) is 0 Å². The highest BCUT2D eigenvalue weighted by atomic mass is 35.5. The van der Waals surface area contributed by atoms with Crippen LogP contribution in [0.25, 0.3) is 10.9 Å². The Balaban J connectivity index is 1.51. The smallest absolute Gasteiger partial charge is 0.267 e. The van der Waals surface area contributed by atoms with E-state index in [-0.39, 0.29) is 24.6 Å². The van der Waals surface area contributed by atoms with Crippen molar-refractivity contribution in [2.45, 2.75) is 6.92 Å². The molecule has 1 heterocycles. The Kier molecular flexibility index (Phi) is 5.23. The van der Waals surface area contributed by atoms with Crippen molar-refractivity contribution in [2.24, 2.45) is 0 Å². The van der Waals surface area contributed by atoms with Gasteiger partial charge < -0.3 is 15.6 Å². The average molecular weight is 374 g/mol. The van der Waals surface area contributed by atoms with Crippen molar-refractivity contribution >= 4 is 34.3 Å². The topological polar surface area (TPSA) is 74.0 Å². The number of hydrogen-bond acceptors (Lipinski definition) is 2. The number of rotatable bonds is 5. The predicted octanol–water partition coefficient (Wildman–Crippen LogP) is 3.43. The van der Waals surface area contributed by atoms with Crippen LogP contribution in [-0.2, 0) is 0 Å².